The number of aromatic nitrogens is 1. The maximum atomic E-state index is 12.1. The van der Waals surface area contributed by atoms with Gasteiger partial charge in [0.05, 0.1) is 6.10 Å². The number of aldehydes is 1. The summed E-state index contributed by atoms with van der Waals surface area (Å²) in [6.07, 6.45) is 2.09. The number of carbonyl (C=O) groups excluding carboxylic acids is 2. The number of fused-ring (bicyclic) bond motifs is 1. The van der Waals surface area contributed by atoms with Crippen LogP contribution in [0.25, 0.3) is 22.2 Å². The van der Waals surface area contributed by atoms with Gasteiger partial charge < -0.3 is 14.1 Å². The highest BCUT2D eigenvalue weighted by molar-refractivity contribution is 5.82. The predicted octanol–water partition coefficient (Wildman–Crippen LogP) is 5.03. The fourth-order valence-electron chi connectivity index (χ4n) is 3.64. The summed E-state index contributed by atoms with van der Waals surface area (Å²) in [5, 5.41) is 0. The first-order chi connectivity index (χ1) is 14.0. The van der Waals surface area contributed by atoms with E-state index in [-0.39, 0.29) is 18.1 Å². The highest BCUT2D eigenvalue weighted by Crippen LogP contribution is 2.32. The molecular formula is C23H24N2O4. The standard InChI is InChI=1S/C23H24N2O4/c1-15(2)28-23(27)25-11-9-18(10-12-25)22-24-20-8-7-19(13-21(20)29-22)17-5-3-16(14-26)4-6-17/h3-8,13-15,18H,9-12H2,1-2H3. The second-order valence-corrected chi connectivity index (χ2v) is 7.67. The number of hydrogen-bond donors (Lipinski definition) is 0. The van der Waals surface area contributed by atoms with E-state index in [4.69, 9.17) is 9.15 Å². The summed E-state index contributed by atoms with van der Waals surface area (Å²) in [4.78, 5) is 29.3. The summed E-state index contributed by atoms with van der Waals surface area (Å²) < 4.78 is 11.3. The molecule has 6 heteroatoms. The number of carbonyl (C=O) groups is 2. The molecule has 1 aliphatic heterocycles. The number of piperidine rings is 1. The Labute approximate surface area is 169 Å². The average Bonchev–Trinajstić information content (AvgIpc) is 3.17. The van der Waals surface area contributed by atoms with Crippen molar-refractivity contribution in [1.29, 1.82) is 0 Å². The van der Waals surface area contributed by atoms with E-state index in [0.717, 1.165) is 47.2 Å². The number of amides is 1. The third-order valence-corrected chi connectivity index (χ3v) is 5.22. The van der Waals surface area contributed by atoms with Gasteiger partial charge in [-0.3, -0.25) is 4.79 Å². The minimum Gasteiger partial charge on any atom is -0.447 e. The molecule has 0 bridgehead atoms. The molecule has 1 amide bonds. The van der Waals surface area contributed by atoms with Gasteiger partial charge in [0.1, 0.15) is 11.8 Å². The lowest BCUT2D eigenvalue weighted by Crippen LogP contribution is -2.39. The van der Waals surface area contributed by atoms with Crippen LogP contribution < -0.4 is 0 Å². The molecule has 1 aromatic heterocycles. The highest BCUT2D eigenvalue weighted by atomic mass is 16.6. The number of hydrogen-bond acceptors (Lipinski definition) is 5. The molecule has 0 atom stereocenters. The van der Waals surface area contributed by atoms with E-state index in [1.54, 1.807) is 17.0 Å². The van der Waals surface area contributed by atoms with Crippen LogP contribution in [0, 0.1) is 0 Å². The van der Waals surface area contributed by atoms with Crippen molar-refractivity contribution in [3.8, 4) is 11.1 Å². The van der Waals surface area contributed by atoms with Crippen LogP contribution in [-0.4, -0.2) is 41.5 Å². The van der Waals surface area contributed by atoms with Crippen molar-refractivity contribution >= 4 is 23.5 Å². The van der Waals surface area contributed by atoms with Crippen molar-refractivity contribution in [1.82, 2.24) is 9.88 Å². The second kappa shape index (κ2) is 8.07. The van der Waals surface area contributed by atoms with E-state index in [1.165, 1.54) is 0 Å². The Bertz CT molecular complexity index is 1020. The smallest absolute Gasteiger partial charge is 0.410 e. The fraction of sp³-hybridized carbons (Fsp3) is 0.348. The van der Waals surface area contributed by atoms with E-state index >= 15 is 0 Å². The monoisotopic (exact) mass is 392 g/mol. The van der Waals surface area contributed by atoms with E-state index in [1.807, 2.05) is 44.2 Å². The van der Waals surface area contributed by atoms with E-state index in [0.29, 0.717) is 18.7 Å². The molecule has 150 valence electrons. The van der Waals surface area contributed by atoms with Gasteiger partial charge in [0.25, 0.3) is 0 Å². The fourth-order valence-corrected chi connectivity index (χ4v) is 3.64. The van der Waals surface area contributed by atoms with Crippen molar-refractivity contribution in [2.24, 2.45) is 0 Å². The zero-order valence-corrected chi connectivity index (χ0v) is 16.6. The van der Waals surface area contributed by atoms with Crippen molar-refractivity contribution in [3.63, 3.8) is 0 Å². The molecule has 0 unspecified atom stereocenters. The zero-order valence-electron chi connectivity index (χ0n) is 16.6. The molecule has 1 fully saturated rings. The Balaban J connectivity index is 1.48. The molecule has 0 N–H and O–H groups in total. The van der Waals surface area contributed by atoms with E-state index in [2.05, 4.69) is 4.98 Å². The number of benzene rings is 2. The summed E-state index contributed by atoms with van der Waals surface area (Å²) in [6.45, 7) is 4.99. The minimum absolute atomic E-state index is 0.110. The number of oxazole rings is 1. The molecule has 1 saturated heterocycles. The maximum absolute atomic E-state index is 12.1. The average molecular weight is 392 g/mol. The largest absolute Gasteiger partial charge is 0.447 e. The molecule has 0 spiro atoms. The Morgan fingerprint density at radius 2 is 1.83 bits per heavy atom. The van der Waals surface area contributed by atoms with E-state index < -0.39 is 0 Å². The quantitative estimate of drug-likeness (QED) is 0.582. The Morgan fingerprint density at radius 1 is 1.14 bits per heavy atom. The van der Waals surface area contributed by atoms with Crippen LogP contribution in [0.2, 0.25) is 0 Å². The van der Waals surface area contributed by atoms with Crippen LogP contribution >= 0.6 is 0 Å². The summed E-state index contributed by atoms with van der Waals surface area (Å²) in [5.41, 5.74) is 4.27. The predicted molar refractivity (Wildman–Crippen MR) is 110 cm³/mol. The highest BCUT2D eigenvalue weighted by Gasteiger charge is 2.28. The van der Waals surface area contributed by atoms with Gasteiger partial charge in [-0.25, -0.2) is 9.78 Å². The van der Waals surface area contributed by atoms with Crippen LogP contribution in [0.1, 0.15) is 48.9 Å². The minimum atomic E-state index is -0.249. The molecule has 0 saturated carbocycles. The zero-order chi connectivity index (χ0) is 20.4. The van der Waals surface area contributed by atoms with Gasteiger partial charge in [-0.15, -0.1) is 0 Å². The van der Waals surface area contributed by atoms with E-state index in [9.17, 15) is 9.59 Å². The van der Waals surface area contributed by atoms with Crippen LogP contribution in [0.15, 0.2) is 46.9 Å². The molecule has 6 nitrogen and oxygen atoms in total. The number of rotatable bonds is 4. The van der Waals surface area contributed by atoms with Gasteiger partial charge in [0, 0.05) is 24.6 Å². The van der Waals surface area contributed by atoms with Crippen molar-refractivity contribution in [3.05, 3.63) is 53.9 Å². The number of nitrogens with zero attached hydrogens (tertiary/aromatic N) is 2. The number of ether oxygens (including phenoxy) is 1. The molecule has 0 aliphatic carbocycles. The normalized spacial score (nSPS) is 15.1. The summed E-state index contributed by atoms with van der Waals surface area (Å²) in [6, 6.07) is 13.4. The van der Waals surface area contributed by atoms with Gasteiger partial charge in [0.2, 0.25) is 0 Å². The molecule has 1 aliphatic rings. The number of likely N-dealkylation sites (tertiary alicyclic amines) is 1. The molecule has 2 heterocycles. The maximum Gasteiger partial charge on any atom is 0.410 e. The van der Waals surface area contributed by atoms with Crippen LogP contribution in [0.5, 0.6) is 0 Å². The van der Waals surface area contributed by atoms with Crippen molar-refractivity contribution < 1.29 is 18.7 Å². The molecule has 3 aromatic rings. The van der Waals surface area contributed by atoms with Gasteiger partial charge in [-0.05, 0) is 49.9 Å². The first kappa shape index (κ1) is 19.2. The Morgan fingerprint density at radius 3 is 2.48 bits per heavy atom. The molecule has 29 heavy (non-hydrogen) atoms. The van der Waals surface area contributed by atoms with Crippen molar-refractivity contribution in [2.75, 3.05) is 13.1 Å². The lowest BCUT2D eigenvalue weighted by molar-refractivity contribution is 0.0681. The summed E-state index contributed by atoms with van der Waals surface area (Å²) >= 11 is 0. The molecule has 4 rings (SSSR count). The van der Waals surface area contributed by atoms with Gasteiger partial charge >= 0.3 is 6.09 Å². The van der Waals surface area contributed by atoms with Crippen LogP contribution in [-0.2, 0) is 4.74 Å². The summed E-state index contributed by atoms with van der Waals surface area (Å²) in [5.74, 6) is 0.922. The molecule has 2 aromatic carbocycles. The van der Waals surface area contributed by atoms with Gasteiger partial charge in [0.15, 0.2) is 11.5 Å². The third kappa shape index (κ3) is 4.16. The van der Waals surface area contributed by atoms with Gasteiger partial charge in [-0.1, -0.05) is 30.3 Å². The first-order valence-electron chi connectivity index (χ1n) is 9.95. The van der Waals surface area contributed by atoms with Gasteiger partial charge in [-0.2, -0.15) is 0 Å². The molecule has 0 radical (unpaired) electrons. The third-order valence-electron chi connectivity index (χ3n) is 5.22. The lowest BCUT2D eigenvalue weighted by atomic mass is 9.97. The lowest BCUT2D eigenvalue weighted by Gasteiger charge is -2.30. The van der Waals surface area contributed by atoms with Crippen LogP contribution in [0.4, 0.5) is 4.79 Å². The van der Waals surface area contributed by atoms with Crippen molar-refractivity contribution in [2.45, 2.75) is 38.7 Å². The molecular weight excluding hydrogens is 368 g/mol. The second-order valence-electron chi connectivity index (χ2n) is 7.67. The Hall–Kier alpha value is -3.15. The Kier molecular flexibility index (Phi) is 5.34. The van der Waals surface area contributed by atoms with Crippen LogP contribution in [0.3, 0.4) is 0 Å². The summed E-state index contributed by atoms with van der Waals surface area (Å²) in [7, 11) is 0. The first-order valence-corrected chi connectivity index (χ1v) is 9.95. The SMILES string of the molecule is CC(C)OC(=O)N1CCC(c2nc3ccc(-c4ccc(C=O)cc4)cc3o2)CC1. The topological polar surface area (TPSA) is 72.6 Å².